The van der Waals surface area contributed by atoms with Crippen LogP contribution < -0.4 is 0 Å². The van der Waals surface area contributed by atoms with E-state index in [9.17, 15) is 4.79 Å². The zero-order valence-electron chi connectivity index (χ0n) is 11.8. The summed E-state index contributed by atoms with van der Waals surface area (Å²) in [4.78, 5) is 17.7. The second-order valence-corrected chi connectivity index (χ2v) is 6.36. The highest BCUT2D eigenvalue weighted by atomic mass is 16.2. The van der Waals surface area contributed by atoms with Crippen LogP contribution in [0.25, 0.3) is 10.9 Å². The lowest BCUT2D eigenvalue weighted by molar-refractivity contribution is -0.132. The molecule has 1 aromatic heterocycles. The molecule has 3 heteroatoms. The largest absolute Gasteiger partial charge is 0.357 e. The SMILES string of the molecule is CN(Cc1cc2ccccc2[nH]1)C(=O)C1C2CCCC21. The first-order chi connectivity index (χ1) is 9.74. The van der Waals surface area contributed by atoms with Crippen molar-refractivity contribution in [3.8, 4) is 0 Å². The number of para-hydroxylation sites is 1. The van der Waals surface area contributed by atoms with E-state index in [1.54, 1.807) is 0 Å². The molecule has 2 unspecified atom stereocenters. The van der Waals surface area contributed by atoms with Crippen LogP contribution in [-0.4, -0.2) is 22.8 Å². The van der Waals surface area contributed by atoms with Crippen molar-refractivity contribution < 1.29 is 4.79 Å². The van der Waals surface area contributed by atoms with E-state index >= 15 is 0 Å². The Hall–Kier alpha value is -1.77. The highest BCUT2D eigenvalue weighted by Crippen LogP contribution is 2.58. The number of nitrogens with one attached hydrogen (secondary N) is 1. The maximum absolute atomic E-state index is 12.5. The van der Waals surface area contributed by atoms with Crippen LogP contribution in [0.2, 0.25) is 0 Å². The van der Waals surface area contributed by atoms with Crippen LogP contribution in [0.1, 0.15) is 25.0 Å². The normalized spacial score (nSPS) is 27.6. The fraction of sp³-hybridized carbons (Fsp3) is 0.471. The van der Waals surface area contributed by atoms with Crippen molar-refractivity contribution in [1.29, 1.82) is 0 Å². The van der Waals surface area contributed by atoms with E-state index in [-0.39, 0.29) is 0 Å². The van der Waals surface area contributed by atoms with E-state index in [0.29, 0.717) is 30.2 Å². The van der Waals surface area contributed by atoms with Crippen molar-refractivity contribution in [3.05, 3.63) is 36.0 Å². The Morgan fingerprint density at radius 3 is 2.80 bits per heavy atom. The zero-order valence-corrected chi connectivity index (χ0v) is 11.8. The molecule has 2 atom stereocenters. The molecule has 0 aliphatic heterocycles. The second-order valence-electron chi connectivity index (χ2n) is 6.36. The van der Waals surface area contributed by atoms with Gasteiger partial charge < -0.3 is 9.88 Å². The molecule has 0 saturated heterocycles. The molecule has 2 aromatic rings. The molecule has 0 bridgehead atoms. The lowest BCUT2D eigenvalue weighted by Gasteiger charge is -2.17. The van der Waals surface area contributed by atoms with E-state index in [2.05, 4.69) is 23.2 Å². The van der Waals surface area contributed by atoms with Gasteiger partial charge in [0.2, 0.25) is 5.91 Å². The second kappa shape index (κ2) is 4.37. The fourth-order valence-electron chi connectivity index (χ4n) is 3.99. The van der Waals surface area contributed by atoms with Crippen molar-refractivity contribution in [2.45, 2.75) is 25.8 Å². The average molecular weight is 268 g/mol. The quantitative estimate of drug-likeness (QED) is 0.912. The summed E-state index contributed by atoms with van der Waals surface area (Å²) in [5.74, 6) is 2.08. The van der Waals surface area contributed by atoms with Gasteiger partial charge in [0.25, 0.3) is 0 Å². The first kappa shape index (κ1) is 12.0. The Balaban J connectivity index is 1.46. The molecular weight excluding hydrogens is 248 g/mol. The number of aromatic nitrogens is 1. The Morgan fingerprint density at radius 1 is 1.30 bits per heavy atom. The lowest BCUT2D eigenvalue weighted by atomic mass is 10.1. The number of benzene rings is 1. The average Bonchev–Trinajstić information content (AvgIpc) is 2.80. The van der Waals surface area contributed by atoms with E-state index in [4.69, 9.17) is 0 Å². The number of hydrogen-bond acceptors (Lipinski definition) is 1. The van der Waals surface area contributed by atoms with Crippen LogP contribution in [0.15, 0.2) is 30.3 Å². The van der Waals surface area contributed by atoms with Crippen LogP contribution in [-0.2, 0) is 11.3 Å². The molecular formula is C17H20N2O. The predicted octanol–water partition coefficient (Wildman–Crippen LogP) is 3.17. The van der Waals surface area contributed by atoms with Crippen molar-refractivity contribution in [2.24, 2.45) is 17.8 Å². The predicted molar refractivity (Wildman–Crippen MR) is 79.1 cm³/mol. The van der Waals surface area contributed by atoms with Crippen LogP contribution in [0.5, 0.6) is 0 Å². The van der Waals surface area contributed by atoms with E-state index in [1.807, 2.05) is 24.1 Å². The van der Waals surface area contributed by atoms with Gasteiger partial charge in [-0.15, -0.1) is 0 Å². The Kier molecular flexibility index (Phi) is 2.62. The number of rotatable bonds is 3. The third kappa shape index (κ3) is 1.84. The van der Waals surface area contributed by atoms with E-state index < -0.39 is 0 Å². The molecule has 1 heterocycles. The van der Waals surface area contributed by atoms with Crippen molar-refractivity contribution in [1.82, 2.24) is 9.88 Å². The maximum Gasteiger partial charge on any atom is 0.226 e. The molecule has 3 nitrogen and oxygen atoms in total. The van der Waals surface area contributed by atoms with E-state index in [0.717, 1.165) is 11.2 Å². The number of carbonyl (C=O) groups is 1. The molecule has 1 amide bonds. The number of amides is 1. The molecule has 2 aliphatic rings. The Bertz CT molecular complexity index is 617. The maximum atomic E-state index is 12.5. The van der Waals surface area contributed by atoms with Gasteiger partial charge in [-0.2, -0.15) is 0 Å². The van der Waals surface area contributed by atoms with Crippen LogP contribution in [0.3, 0.4) is 0 Å². The number of aromatic amines is 1. The third-order valence-corrected chi connectivity index (χ3v) is 5.06. The first-order valence-electron chi connectivity index (χ1n) is 7.55. The summed E-state index contributed by atoms with van der Waals surface area (Å²) in [6, 6.07) is 10.4. The summed E-state index contributed by atoms with van der Waals surface area (Å²) in [7, 11) is 1.93. The smallest absolute Gasteiger partial charge is 0.226 e. The van der Waals surface area contributed by atoms with E-state index in [1.165, 1.54) is 24.6 Å². The minimum atomic E-state index is 0.332. The molecule has 4 rings (SSSR count). The minimum Gasteiger partial charge on any atom is -0.357 e. The molecule has 1 aromatic carbocycles. The minimum absolute atomic E-state index is 0.332. The van der Waals surface area contributed by atoms with Gasteiger partial charge >= 0.3 is 0 Å². The van der Waals surface area contributed by atoms with Crippen LogP contribution in [0.4, 0.5) is 0 Å². The summed E-state index contributed by atoms with van der Waals surface area (Å²) < 4.78 is 0. The van der Waals surface area contributed by atoms with Crippen molar-refractivity contribution in [3.63, 3.8) is 0 Å². The summed E-state index contributed by atoms with van der Waals surface area (Å²) in [6.45, 7) is 0.684. The van der Waals surface area contributed by atoms with Gasteiger partial charge in [-0.3, -0.25) is 4.79 Å². The van der Waals surface area contributed by atoms with Crippen LogP contribution >= 0.6 is 0 Å². The fourth-order valence-corrected chi connectivity index (χ4v) is 3.99. The number of H-pyrrole nitrogens is 1. The molecule has 0 spiro atoms. The highest BCUT2D eigenvalue weighted by Gasteiger charge is 2.57. The van der Waals surface area contributed by atoms with Gasteiger partial charge in [-0.1, -0.05) is 24.6 Å². The monoisotopic (exact) mass is 268 g/mol. The molecule has 2 saturated carbocycles. The molecule has 2 fully saturated rings. The van der Waals surface area contributed by atoms with Gasteiger partial charge in [0, 0.05) is 24.2 Å². The number of fused-ring (bicyclic) bond motifs is 2. The summed E-state index contributed by atoms with van der Waals surface area (Å²) in [5.41, 5.74) is 2.26. The third-order valence-electron chi connectivity index (χ3n) is 5.06. The molecule has 104 valence electrons. The van der Waals surface area contributed by atoms with Crippen molar-refractivity contribution in [2.75, 3.05) is 7.05 Å². The number of carbonyl (C=O) groups excluding carboxylic acids is 1. The summed E-state index contributed by atoms with van der Waals surface area (Å²) in [6.07, 6.45) is 3.85. The van der Waals surface area contributed by atoms with Crippen molar-refractivity contribution >= 4 is 16.8 Å². The first-order valence-corrected chi connectivity index (χ1v) is 7.55. The Morgan fingerprint density at radius 2 is 2.05 bits per heavy atom. The zero-order chi connectivity index (χ0) is 13.7. The van der Waals surface area contributed by atoms with Gasteiger partial charge in [-0.25, -0.2) is 0 Å². The number of nitrogens with zero attached hydrogens (tertiary/aromatic N) is 1. The molecule has 20 heavy (non-hydrogen) atoms. The summed E-state index contributed by atoms with van der Waals surface area (Å²) >= 11 is 0. The van der Waals surface area contributed by atoms with Crippen LogP contribution in [0, 0.1) is 17.8 Å². The molecule has 2 aliphatic carbocycles. The summed E-state index contributed by atoms with van der Waals surface area (Å²) in [5, 5.41) is 1.21. The Labute approximate surface area is 119 Å². The standard InChI is InChI=1S/C17H20N2O/c1-19(17(20)16-13-6-4-7-14(13)16)10-12-9-11-5-2-3-8-15(11)18-12/h2-3,5,8-9,13-14,16,18H,4,6-7,10H2,1H3. The number of hydrogen-bond donors (Lipinski definition) is 1. The van der Waals surface area contributed by atoms with Gasteiger partial charge in [-0.05, 0) is 42.2 Å². The molecule has 0 radical (unpaired) electrons. The van der Waals surface area contributed by atoms with Gasteiger partial charge in [0.1, 0.15) is 0 Å². The van der Waals surface area contributed by atoms with Gasteiger partial charge in [0.05, 0.1) is 6.54 Å². The lowest BCUT2D eigenvalue weighted by Crippen LogP contribution is -2.29. The highest BCUT2D eigenvalue weighted by molar-refractivity contribution is 5.83. The molecule has 1 N–H and O–H groups in total. The van der Waals surface area contributed by atoms with Gasteiger partial charge in [0.15, 0.2) is 0 Å². The topological polar surface area (TPSA) is 36.1 Å².